The number of hydrogen-bond donors (Lipinski definition) is 2. The van der Waals surface area contributed by atoms with Crippen molar-refractivity contribution < 1.29 is 9.53 Å². The summed E-state index contributed by atoms with van der Waals surface area (Å²) in [6, 6.07) is 17.7. The van der Waals surface area contributed by atoms with Crippen LogP contribution in [0.2, 0.25) is 0 Å². The molecule has 0 saturated carbocycles. The van der Waals surface area contributed by atoms with E-state index in [9.17, 15) is 4.79 Å². The second-order valence-electron chi connectivity index (χ2n) is 7.14. The van der Waals surface area contributed by atoms with Crippen molar-refractivity contribution >= 4 is 50.3 Å². The van der Waals surface area contributed by atoms with Crippen molar-refractivity contribution in [3.05, 3.63) is 71.9 Å². The summed E-state index contributed by atoms with van der Waals surface area (Å²) in [4.78, 5) is 24.3. The highest BCUT2D eigenvalue weighted by atomic mass is 32.1. The lowest BCUT2D eigenvalue weighted by molar-refractivity contribution is 0.103. The van der Waals surface area contributed by atoms with Crippen molar-refractivity contribution in [2.24, 2.45) is 0 Å². The van der Waals surface area contributed by atoms with E-state index in [4.69, 9.17) is 4.74 Å². The molecule has 0 unspecified atom stereocenters. The van der Waals surface area contributed by atoms with Gasteiger partial charge in [0.25, 0.3) is 5.91 Å². The van der Waals surface area contributed by atoms with Gasteiger partial charge in [0.15, 0.2) is 5.13 Å². The molecule has 3 heterocycles. The van der Waals surface area contributed by atoms with Gasteiger partial charge in [-0.05, 0) is 36.4 Å². The summed E-state index contributed by atoms with van der Waals surface area (Å²) in [6.07, 6.45) is 3.35. The Labute approximate surface area is 183 Å². The Balaban J connectivity index is 1.26. The van der Waals surface area contributed by atoms with E-state index in [1.54, 1.807) is 12.4 Å². The molecule has 4 aromatic rings. The van der Waals surface area contributed by atoms with Gasteiger partial charge in [-0.15, -0.1) is 0 Å². The number of aromatic nitrogens is 2. The predicted octanol–water partition coefficient (Wildman–Crippen LogP) is 4.52. The van der Waals surface area contributed by atoms with Crippen LogP contribution in [0.3, 0.4) is 0 Å². The molecule has 0 bridgehead atoms. The topological polar surface area (TPSA) is 79.4 Å². The van der Waals surface area contributed by atoms with Crippen molar-refractivity contribution in [1.82, 2.24) is 9.97 Å². The Hall–Kier alpha value is -3.49. The number of thiazole rings is 1. The standard InChI is InChI=1S/C23H21N5O2S/c29-22(26-17-6-8-18(9-7-17)28-11-13-30-14-12-28)20-15-25-23(31-20)27-19-5-1-3-16-4-2-10-24-21(16)19/h1-10,15H,11-14H2,(H,25,27)(H,26,29). The number of fused-ring (bicyclic) bond motifs is 1. The molecule has 2 N–H and O–H groups in total. The summed E-state index contributed by atoms with van der Waals surface area (Å²) >= 11 is 1.31. The molecule has 1 aliphatic rings. The first-order valence-corrected chi connectivity index (χ1v) is 10.9. The molecule has 2 aromatic carbocycles. The van der Waals surface area contributed by atoms with Crippen LogP contribution < -0.4 is 15.5 Å². The van der Waals surface area contributed by atoms with Crippen LogP contribution in [-0.4, -0.2) is 42.2 Å². The molecule has 2 aromatic heterocycles. The van der Waals surface area contributed by atoms with E-state index in [1.807, 2.05) is 54.6 Å². The molecule has 0 radical (unpaired) electrons. The summed E-state index contributed by atoms with van der Waals surface area (Å²) in [5, 5.41) is 7.91. The van der Waals surface area contributed by atoms with Gasteiger partial charge in [0.05, 0.1) is 30.6 Å². The predicted molar refractivity (Wildman–Crippen MR) is 125 cm³/mol. The number of hydrogen-bond acceptors (Lipinski definition) is 7. The van der Waals surface area contributed by atoms with Crippen LogP contribution in [0.25, 0.3) is 10.9 Å². The number of amides is 1. The first-order valence-electron chi connectivity index (χ1n) is 10.1. The van der Waals surface area contributed by atoms with Crippen LogP contribution in [0.1, 0.15) is 9.67 Å². The van der Waals surface area contributed by atoms with Crippen molar-refractivity contribution in [3.8, 4) is 0 Å². The highest BCUT2D eigenvalue weighted by Crippen LogP contribution is 2.28. The molecule has 0 atom stereocenters. The normalized spacial score (nSPS) is 13.9. The van der Waals surface area contributed by atoms with Crippen LogP contribution in [0.5, 0.6) is 0 Å². The third-order valence-corrected chi connectivity index (χ3v) is 6.02. The van der Waals surface area contributed by atoms with E-state index in [1.165, 1.54) is 11.3 Å². The zero-order valence-corrected chi connectivity index (χ0v) is 17.6. The van der Waals surface area contributed by atoms with Gasteiger partial charge in [0.2, 0.25) is 0 Å². The molecule has 1 saturated heterocycles. The molecule has 1 aliphatic heterocycles. The number of rotatable bonds is 5. The SMILES string of the molecule is O=C(Nc1ccc(N2CCOCC2)cc1)c1cnc(Nc2cccc3cccnc23)s1. The zero-order chi connectivity index (χ0) is 21.0. The van der Waals surface area contributed by atoms with Crippen LogP contribution in [0, 0.1) is 0 Å². The summed E-state index contributed by atoms with van der Waals surface area (Å²) in [6.45, 7) is 3.26. The number of anilines is 4. The quantitative estimate of drug-likeness (QED) is 0.484. The molecule has 31 heavy (non-hydrogen) atoms. The van der Waals surface area contributed by atoms with E-state index in [0.717, 1.165) is 54.3 Å². The molecule has 0 spiro atoms. The van der Waals surface area contributed by atoms with Crippen molar-refractivity contribution in [2.75, 3.05) is 41.8 Å². The minimum atomic E-state index is -0.180. The van der Waals surface area contributed by atoms with Crippen molar-refractivity contribution in [1.29, 1.82) is 0 Å². The lowest BCUT2D eigenvalue weighted by Crippen LogP contribution is -2.36. The molecule has 7 nitrogen and oxygen atoms in total. The van der Waals surface area contributed by atoms with E-state index in [-0.39, 0.29) is 5.91 Å². The van der Waals surface area contributed by atoms with Gasteiger partial charge in [0, 0.05) is 36.0 Å². The maximum atomic E-state index is 12.7. The minimum absolute atomic E-state index is 0.180. The van der Waals surface area contributed by atoms with Crippen LogP contribution in [0.4, 0.5) is 22.2 Å². The molecular weight excluding hydrogens is 410 g/mol. The molecule has 5 rings (SSSR count). The van der Waals surface area contributed by atoms with E-state index < -0.39 is 0 Å². The number of carbonyl (C=O) groups is 1. The van der Waals surface area contributed by atoms with E-state index in [2.05, 4.69) is 25.5 Å². The highest BCUT2D eigenvalue weighted by Gasteiger charge is 2.14. The number of pyridine rings is 1. The second kappa shape index (κ2) is 8.71. The van der Waals surface area contributed by atoms with Crippen molar-refractivity contribution in [3.63, 3.8) is 0 Å². The van der Waals surface area contributed by atoms with Gasteiger partial charge in [0.1, 0.15) is 4.88 Å². The largest absolute Gasteiger partial charge is 0.378 e. The number of para-hydroxylation sites is 1. The molecule has 0 aliphatic carbocycles. The van der Waals surface area contributed by atoms with Gasteiger partial charge in [-0.2, -0.15) is 0 Å². The van der Waals surface area contributed by atoms with Crippen LogP contribution in [-0.2, 0) is 4.74 Å². The Morgan fingerprint density at radius 2 is 1.81 bits per heavy atom. The van der Waals surface area contributed by atoms with Gasteiger partial charge in [-0.1, -0.05) is 29.5 Å². The number of morpholine rings is 1. The summed E-state index contributed by atoms with van der Waals surface area (Å²) in [5.74, 6) is -0.180. The second-order valence-corrected chi connectivity index (χ2v) is 8.17. The number of nitrogens with one attached hydrogen (secondary N) is 2. The number of benzene rings is 2. The third kappa shape index (κ3) is 4.35. The first kappa shape index (κ1) is 19.5. The molecule has 1 amide bonds. The lowest BCUT2D eigenvalue weighted by Gasteiger charge is -2.28. The summed E-state index contributed by atoms with van der Waals surface area (Å²) < 4.78 is 5.40. The number of nitrogens with zero attached hydrogens (tertiary/aromatic N) is 3. The zero-order valence-electron chi connectivity index (χ0n) is 16.7. The molecule has 156 valence electrons. The monoisotopic (exact) mass is 431 g/mol. The highest BCUT2D eigenvalue weighted by molar-refractivity contribution is 7.17. The van der Waals surface area contributed by atoms with Crippen molar-refractivity contribution in [2.45, 2.75) is 0 Å². The average Bonchev–Trinajstić information content (AvgIpc) is 3.29. The number of carbonyl (C=O) groups excluding carboxylic acids is 1. The average molecular weight is 432 g/mol. The fourth-order valence-electron chi connectivity index (χ4n) is 3.53. The smallest absolute Gasteiger partial charge is 0.267 e. The minimum Gasteiger partial charge on any atom is -0.378 e. The third-order valence-electron chi connectivity index (χ3n) is 5.11. The van der Waals surface area contributed by atoms with Gasteiger partial charge >= 0.3 is 0 Å². The summed E-state index contributed by atoms with van der Waals surface area (Å²) in [7, 11) is 0. The molecular formula is C23H21N5O2S. The Bertz CT molecular complexity index is 1200. The maximum Gasteiger partial charge on any atom is 0.267 e. The van der Waals surface area contributed by atoms with E-state index in [0.29, 0.717) is 10.0 Å². The number of ether oxygens (including phenoxy) is 1. The van der Waals surface area contributed by atoms with Gasteiger partial charge in [-0.3, -0.25) is 9.78 Å². The fraction of sp³-hybridized carbons (Fsp3) is 0.174. The molecule has 8 heteroatoms. The fourth-order valence-corrected chi connectivity index (χ4v) is 4.25. The Morgan fingerprint density at radius 1 is 1.00 bits per heavy atom. The van der Waals surface area contributed by atoms with Crippen LogP contribution >= 0.6 is 11.3 Å². The van der Waals surface area contributed by atoms with Gasteiger partial charge in [-0.25, -0.2) is 4.98 Å². The Morgan fingerprint density at radius 3 is 2.65 bits per heavy atom. The van der Waals surface area contributed by atoms with Gasteiger partial charge < -0.3 is 20.3 Å². The first-order chi connectivity index (χ1) is 15.3. The molecule has 1 fully saturated rings. The lowest BCUT2D eigenvalue weighted by atomic mass is 10.2. The maximum absolute atomic E-state index is 12.7. The van der Waals surface area contributed by atoms with Crippen LogP contribution in [0.15, 0.2) is 67.0 Å². The Kier molecular flexibility index (Phi) is 5.47. The van der Waals surface area contributed by atoms with E-state index >= 15 is 0 Å². The summed E-state index contributed by atoms with van der Waals surface area (Å²) in [5.41, 5.74) is 3.61.